The summed E-state index contributed by atoms with van der Waals surface area (Å²) in [5, 5.41) is 1.98. The Kier molecular flexibility index (Phi) is 5.51. The highest BCUT2D eigenvalue weighted by Crippen LogP contribution is 2.37. The molecule has 0 N–H and O–H groups in total. The molecule has 1 unspecified atom stereocenters. The smallest absolute Gasteiger partial charge is 0.338 e. The maximum atomic E-state index is 11.9. The van der Waals surface area contributed by atoms with Gasteiger partial charge in [0, 0.05) is 5.92 Å². The van der Waals surface area contributed by atoms with Gasteiger partial charge >= 0.3 is 5.97 Å². The van der Waals surface area contributed by atoms with Crippen LogP contribution >= 0.6 is 0 Å². The molecule has 2 fully saturated rings. The molecule has 0 saturated carbocycles. The fourth-order valence-electron chi connectivity index (χ4n) is 4.04. The highest BCUT2D eigenvalue weighted by molar-refractivity contribution is 5.95. The predicted molar refractivity (Wildman–Crippen MR) is 108 cm³/mol. The number of carbonyl (C=O) groups is 1. The SMILES string of the molecule is CCOC(=O)c1ccc2cc(OCC(C)[C@@H]3OC[C@H]4OC(C)(C)O[C@H]43)ccc2c1. The molecule has 6 nitrogen and oxygen atoms in total. The molecule has 2 aliphatic heterocycles. The molecule has 0 bridgehead atoms. The van der Waals surface area contributed by atoms with E-state index in [1.165, 1.54) is 0 Å². The van der Waals surface area contributed by atoms with Gasteiger partial charge < -0.3 is 23.7 Å². The van der Waals surface area contributed by atoms with Crippen molar-refractivity contribution in [2.45, 2.75) is 51.8 Å². The van der Waals surface area contributed by atoms with Crippen LogP contribution in [0.2, 0.25) is 0 Å². The highest BCUT2D eigenvalue weighted by atomic mass is 16.8. The summed E-state index contributed by atoms with van der Waals surface area (Å²) in [7, 11) is 0. The average molecular weight is 400 g/mol. The molecule has 2 aromatic rings. The number of rotatable bonds is 6. The summed E-state index contributed by atoms with van der Waals surface area (Å²) in [6.07, 6.45) is -0.109. The summed E-state index contributed by atoms with van der Waals surface area (Å²) < 4.78 is 28.9. The molecule has 2 aromatic carbocycles. The van der Waals surface area contributed by atoms with Crippen LogP contribution in [0.25, 0.3) is 10.8 Å². The number of hydrogen-bond acceptors (Lipinski definition) is 6. The normalized spacial score (nSPS) is 26.3. The maximum Gasteiger partial charge on any atom is 0.338 e. The van der Waals surface area contributed by atoms with Crippen LogP contribution in [-0.4, -0.2) is 49.9 Å². The summed E-state index contributed by atoms with van der Waals surface area (Å²) in [4.78, 5) is 11.9. The van der Waals surface area contributed by atoms with Gasteiger partial charge in [-0.3, -0.25) is 0 Å². The number of esters is 1. The van der Waals surface area contributed by atoms with Crippen molar-refractivity contribution in [1.82, 2.24) is 0 Å². The summed E-state index contributed by atoms with van der Waals surface area (Å²) in [5.41, 5.74) is 0.552. The van der Waals surface area contributed by atoms with Gasteiger partial charge in [0.15, 0.2) is 5.79 Å². The lowest BCUT2D eigenvalue weighted by atomic mass is 9.99. The van der Waals surface area contributed by atoms with E-state index in [1.807, 2.05) is 44.2 Å². The van der Waals surface area contributed by atoms with Crippen LogP contribution in [0.3, 0.4) is 0 Å². The van der Waals surface area contributed by atoms with Crippen molar-refractivity contribution in [1.29, 1.82) is 0 Å². The van der Waals surface area contributed by atoms with Gasteiger partial charge in [-0.15, -0.1) is 0 Å². The van der Waals surface area contributed by atoms with Crippen LogP contribution in [-0.2, 0) is 18.9 Å². The third-order valence-corrected chi connectivity index (χ3v) is 5.39. The zero-order chi connectivity index (χ0) is 20.6. The van der Waals surface area contributed by atoms with Crippen LogP contribution in [0.4, 0.5) is 0 Å². The summed E-state index contributed by atoms with van der Waals surface area (Å²) in [5.74, 6) is 0.0781. The Morgan fingerprint density at radius 1 is 1.17 bits per heavy atom. The minimum Gasteiger partial charge on any atom is -0.493 e. The van der Waals surface area contributed by atoms with Crippen LogP contribution in [0.1, 0.15) is 38.1 Å². The fourth-order valence-corrected chi connectivity index (χ4v) is 4.04. The number of ether oxygens (including phenoxy) is 5. The standard InChI is InChI=1S/C23H28O6/c1-5-25-22(24)17-7-6-16-11-18(9-8-15(16)10-17)26-12-14(2)20-21-19(13-27-20)28-23(3,4)29-21/h6-11,14,19-21H,5,12-13H2,1-4H3/t14?,19-,20+,21-/m1/s1. The molecule has 0 aliphatic carbocycles. The van der Waals surface area contributed by atoms with E-state index in [9.17, 15) is 4.79 Å². The van der Waals surface area contributed by atoms with Gasteiger partial charge in [0.2, 0.25) is 0 Å². The molecule has 2 aliphatic rings. The number of benzene rings is 2. The van der Waals surface area contributed by atoms with Crippen molar-refractivity contribution in [3.8, 4) is 5.75 Å². The molecular formula is C23H28O6. The molecular weight excluding hydrogens is 372 g/mol. The van der Waals surface area contributed by atoms with Gasteiger partial charge in [-0.05, 0) is 55.8 Å². The van der Waals surface area contributed by atoms with Gasteiger partial charge in [0.25, 0.3) is 0 Å². The zero-order valence-corrected chi connectivity index (χ0v) is 17.3. The first-order valence-electron chi connectivity index (χ1n) is 10.2. The first-order valence-corrected chi connectivity index (χ1v) is 10.2. The lowest BCUT2D eigenvalue weighted by Crippen LogP contribution is -2.36. The molecule has 6 heteroatoms. The Balaban J connectivity index is 1.39. The molecule has 0 spiro atoms. The molecule has 2 saturated heterocycles. The first kappa shape index (κ1) is 20.1. The highest BCUT2D eigenvalue weighted by Gasteiger charge is 2.51. The average Bonchev–Trinajstić information content (AvgIpc) is 3.20. The van der Waals surface area contributed by atoms with Gasteiger partial charge in [0.1, 0.15) is 18.0 Å². The lowest BCUT2D eigenvalue weighted by Gasteiger charge is -2.25. The molecule has 0 aromatic heterocycles. The van der Waals surface area contributed by atoms with Crippen molar-refractivity contribution in [3.05, 3.63) is 42.0 Å². The minimum atomic E-state index is -0.557. The van der Waals surface area contributed by atoms with E-state index in [0.29, 0.717) is 25.4 Å². The van der Waals surface area contributed by atoms with Crippen molar-refractivity contribution < 1.29 is 28.5 Å². The van der Waals surface area contributed by atoms with Crippen LogP contribution < -0.4 is 4.74 Å². The minimum absolute atomic E-state index is 0.00767. The summed E-state index contributed by atoms with van der Waals surface area (Å²) in [6, 6.07) is 11.4. The molecule has 29 heavy (non-hydrogen) atoms. The largest absolute Gasteiger partial charge is 0.493 e. The topological polar surface area (TPSA) is 63.2 Å². The van der Waals surface area contributed by atoms with E-state index in [-0.39, 0.29) is 30.2 Å². The molecule has 4 rings (SSSR count). The van der Waals surface area contributed by atoms with Crippen LogP contribution in [0.15, 0.2) is 36.4 Å². The summed E-state index contributed by atoms with van der Waals surface area (Å²) >= 11 is 0. The number of fused-ring (bicyclic) bond motifs is 2. The quantitative estimate of drug-likeness (QED) is 0.684. The van der Waals surface area contributed by atoms with E-state index in [2.05, 4.69) is 6.92 Å². The fraction of sp³-hybridized carbons (Fsp3) is 0.522. The molecule has 0 radical (unpaired) electrons. The first-order chi connectivity index (χ1) is 13.9. The number of carbonyl (C=O) groups excluding carboxylic acids is 1. The van der Waals surface area contributed by atoms with Crippen molar-refractivity contribution in [2.24, 2.45) is 5.92 Å². The van der Waals surface area contributed by atoms with Gasteiger partial charge in [-0.2, -0.15) is 0 Å². The second-order valence-electron chi connectivity index (χ2n) is 8.17. The van der Waals surface area contributed by atoms with Crippen molar-refractivity contribution in [2.75, 3.05) is 19.8 Å². The van der Waals surface area contributed by atoms with Crippen LogP contribution in [0, 0.1) is 5.92 Å². The second kappa shape index (κ2) is 7.94. The van der Waals surface area contributed by atoms with E-state index in [0.717, 1.165) is 16.5 Å². The monoisotopic (exact) mass is 400 g/mol. The van der Waals surface area contributed by atoms with Crippen molar-refractivity contribution >= 4 is 16.7 Å². The van der Waals surface area contributed by atoms with E-state index in [1.54, 1.807) is 13.0 Å². The third-order valence-electron chi connectivity index (χ3n) is 5.39. The molecule has 2 heterocycles. The van der Waals surface area contributed by atoms with Crippen LogP contribution in [0.5, 0.6) is 5.75 Å². The van der Waals surface area contributed by atoms with E-state index >= 15 is 0 Å². The Morgan fingerprint density at radius 2 is 1.93 bits per heavy atom. The maximum absolute atomic E-state index is 11.9. The summed E-state index contributed by atoms with van der Waals surface area (Å²) in [6.45, 7) is 9.22. The van der Waals surface area contributed by atoms with E-state index in [4.69, 9.17) is 23.7 Å². The second-order valence-corrected chi connectivity index (χ2v) is 8.17. The molecule has 0 amide bonds. The van der Waals surface area contributed by atoms with Gasteiger partial charge in [0.05, 0.1) is 31.5 Å². The number of hydrogen-bond donors (Lipinski definition) is 0. The molecule has 4 atom stereocenters. The van der Waals surface area contributed by atoms with E-state index < -0.39 is 5.79 Å². The van der Waals surface area contributed by atoms with Gasteiger partial charge in [-0.1, -0.05) is 19.1 Å². The predicted octanol–water partition coefficient (Wildman–Crippen LogP) is 3.95. The molecule has 156 valence electrons. The Morgan fingerprint density at radius 3 is 2.72 bits per heavy atom. The Labute approximate surface area is 171 Å². The lowest BCUT2D eigenvalue weighted by molar-refractivity contribution is -0.180. The zero-order valence-electron chi connectivity index (χ0n) is 17.3. The van der Waals surface area contributed by atoms with Gasteiger partial charge in [-0.25, -0.2) is 4.79 Å². The van der Waals surface area contributed by atoms with Crippen molar-refractivity contribution in [3.63, 3.8) is 0 Å². The third kappa shape index (κ3) is 4.25. The Hall–Kier alpha value is -2.15. The Bertz CT molecular complexity index is 892.